The molecule has 8 heteroatoms. The van der Waals surface area contributed by atoms with Crippen LogP contribution in [-0.2, 0) is 14.8 Å². The van der Waals surface area contributed by atoms with Crippen molar-refractivity contribution >= 4 is 21.6 Å². The summed E-state index contributed by atoms with van der Waals surface area (Å²) >= 11 is 0. The third-order valence-corrected chi connectivity index (χ3v) is 5.96. The molecule has 0 saturated carbocycles. The number of methoxy groups -OCH3 is 2. The lowest BCUT2D eigenvalue weighted by atomic mass is 10.0. The number of anilines is 1. The monoisotopic (exact) mass is 434 g/mol. The number of hydrogen-bond donors (Lipinski definition) is 1. The van der Waals surface area contributed by atoms with Crippen LogP contribution in [0, 0.1) is 0 Å². The molecule has 164 valence electrons. The second-order valence-electron chi connectivity index (χ2n) is 6.94. The van der Waals surface area contributed by atoms with Gasteiger partial charge in [0.25, 0.3) is 0 Å². The minimum absolute atomic E-state index is 0.104. The molecule has 0 heterocycles. The van der Waals surface area contributed by atoms with E-state index in [2.05, 4.69) is 5.32 Å². The third kappa shape index (κ3) is 6.66. The van der Waals surface area contributed by atoms with Crippen LogP contribution in [0.5, 0.6) is 11.5 Å². The summed E-state index contributed by atoms with van der Waals surface area (Å²) in [6.45, 7) is 2.21. The minimum Gasteiger partial charge on any atom is -0.497 e. The van der Waals surface area contributed by atoms with E-state index in [1.807, 2.05) is 31.2 Å². The first-order chi connectivity index (χ1) is 14.3. The average molecular weight is 435 g/mol. The van der Waals surface area contributed by atoms with Gasteiger partial charge in [-0.25, -0.2) is 8.42 Å². The SMILES string of the molecule is CCC(NC(=O)CCCN(c1cccc(OC)c1)S(C)(=O)=O)c1ccc(OC)cc1. The number of amides is 1. The molecule has 2 aromatic rings. The molecule has 2 aromatic carbocycles. The van der Waals surface area contributed by atoms with Gasteiger partial charge in [0.2, 0.25) is 15.9 Å². The molecular weight excluding hydrogens is 404 g/mol. The first kappa shape index (κ1) is 23.5. The van der Waals surface area contributed by atoms with Crippen LogP contribution >= 0.6 is 0 Å². The van der Waals surface area contributed by atoms with Gasteiger partial charge in [0.15, 0.2) is 0 Å². The van der Waals surface area contributed by atoms with E-state index in [0.29, 0.717) is 17.9 Å². The summed E-state index contributed by atoms with van der Waals surface area (Å²) in [5.74, 6) is 1.22. The number of carbonyl (C=O) groups is 1. The van der Waals surface area contributed by atoms with E-state index < -0.39 is 10.0 Å². The predicted molar refractivity (Wildman–Crippen MR) is 119 cm³/mol. The van der Waals surface area contributed by atoms with E-state index in [4.69, 9.17) is 9.47 Å². The third-order valence-electron chi connectivity index (χ3n) is 4.77. The van der Waals surface area contributed by atoms with E-state index in [1.54, 1.807) is 31.4 Å². The van der Waals surface area contributed by atoms with Gasteiger partial charge in [-0.15, -0.1) is 0 Å². The number of nitrogens with one attached hydrogen (secondary N) is 1. The van der Waals surface area contributed by atoms with Gasteiger partial charge in [0.05, 0.1) is 32.2 Å². The van der Waals surface area contributed by atoms with Crippen LogP contribution in [0.25, 0.3) is 0 Å². The highest BCUT2D eigenvalue weighted by Gasteiger charge is 2.19. The van der Waals surface area contributed by atoms with Crippen LogP contribution in [0.4, 0.5) is 5.69 Å². The average Bonchev–Trinajstić information content (AvgIpc) is 2.74. The second kappa shape index (κ2) is 10.9. The Morgan fingerprint density at radius 1 is 1.07 bits per heavy atom. The molecule has 1 unspecified atom stereocenters. The van der Waals surface area contributed by atoms with Gasteiger partial charge in [0.1, 0.15) is 11.5 Å². The van der Waals surface area contributed by atoms with Crippen molar-refractivity contribution in [3.05, 3.63) is 54.1 Å². The zero-order valence-electron chi connectivity index (χ0n) is 17.9. The summed E-state index contributed by atoms with van der Waals surface area (Å²) < 4.78 is 36.1. The Balaban J connectivity index is 1.97. The smallest absolute Gasteiger partial charge is 0.232 e. The zero-order chi connectivity index (χ0) is 22.1. The highest BCUT2D eigenvalue weighted by Crippen LogP contribution is 2.24. The normalized spacial score (nSPS) is 12.1. The van der Waals surface area contributed by atoms with Crippen molar-refractivity contribution in [3.63, 3.8) is 0 Å². The standard InChI is InChI=1S/C22H30N2O5S/c1-5-21(17-11-13-19(28-2)14-12-17)23-22(25)10-7-15-24(30(4,26)27)18-8-6-9-20(16-18)29-3/h6,8-9,11-14,16,21H,5,7,10,15H2,1-4H3,(H,23,25). The molecule has 7 nitrogen and oxygen atoms in total. The lowest BCUT2D eigenvalue weighted by Gasteiger charge is -2.23. The number of hydrogen-bond acceptors (Lipinski definition) is 5. The van der Waals surface area contributed by atoms with Gasteiger partial charge in [-0.2, -0.15) is 0 Å². The Morgan fingerprint density at radius 3 is 2.30 bits per heavy atom. The Labute approximate surface area is 179 Å². The van der Waals surface area contributed by atoms with Crippen LogP contribution in [0.3, 0.4) is 0 Å². The Morgan fingerprint density at radius 2 is 1.73 bits per heavy atom. The van der Waals surface area contributed by atoms with Crippen molar-refractivity contribution in [2.45, 2.75) is 32.2 Å². The number of ether oxygens (including phenoxy) is 2. The lowest BCUT2D eigenvalue weighted by Crippen LogP contribution is -2.33. The van der Waals surface area contributed by atoms with E-state index in [1.165, 1.54) is 11.4 Å². The molecule has 0 aliphatic heterocycles. The number of carbonyl (C=O) groups excluding carboxylic acids is 1. The summed E-state index contributed by atoms with van der Waals surface area (Å²) in [5.41, 5.74) is 1.52. The number of sulfonamides is 1. The van der Waals surface area contributed by atoms with Gasteiger partial charge >= 0.3 is 0 Å². The summed E-state index contributed by atoms with van der Waals surface area (Å²) in [4.78, 5) is 12.5. The molecule has 0 aromatic heterocycles. The summed E-state index contributed by atoms with van der Waals surface area (Å²) in [7, 11) is -0.345. The maximum atomic E-state index is 12.5. The van der Waals surface area contributed by atoms with Crippen LogP contribution in [0.2, 0.25) is 0 Å². The van der Waals surface area contributed by atoms with E-state index >= 15 is 0 Å². The van der Waals surface area contributed by atoms with Crippen LogP contribution in [-0.4, -0.2) is 41.3 Å². The summed E-state index contributed by atoms with van der Waals surface area (Å²) in [5, 5.41) is 3.02. The topological polar surface area (TPSA) is 84.9 Å². The van der Waals surface area contributed by atoms with Gasteiger partial charge < -0.3 is 14.8 Å². The fraction of sp³-hybridized carbons (Fsp3) is 0.409. The molecule has 1 amide bonds. The molecule has 0 bridgehead atoms. The van der Waals surface area contributed by atoms with Gasteiger partial charge in [-0.3, -0.25) is 9.10 Å². The van der Waals surface area contributed by atoms with Crippen molar-refractivity contribution in [2.75, 3.05) is 31.3 Å². The van der Waals surface area contributed by atoms with Gasteiger partial charge in [-0.05, 0) is 42.7 Å². The van der Waals surface area contributed by atoms with Crippen LogP contribution in [0.15, 0.2) is 48.5 Å². The summed E-state index contributed by atoms with van der Waals surface area (Å²) in [6.07, 6.45) is 2.53. The fourth-order valence-corrected chi connectivity index (χ4v) is 4.12. The minimum atomic E-state index is -3.48. The molecule has 30 heavy (non-hydrogen) atoms. The molecule has 0 aliphatic rings. The predicted octanol–water partition coefficient (Wildman–Crippen LogP) is 3.52. The molecule has 0 aliphatic carbocycles. The molecule has 0 spiro atoms. The maximum Gasteiger partial charge on any atom is 0.232 e. The highest BCUT2D eigenvalue weighted by atomic mass is 32.2. The highest BCUT2D eigenvalue weighted by molar-refractivity contribution is 7.92. The summed E-state index contributed by atoms with van der Waals surface area (Å²) in [6, 6.07) is 14.3. The van der Waals surface area contributed by atoms with E-state index in [9.17, 15) is 13.2 Å². The molecule has 2 rings (SSSR count). The molecule has 0 saturated heterocycles. The molecule has 1 atom stereocenters. The van der Waals surface area contributed by atoms with Gasteiger partial charge in [0, 0.05) is 19.0 Å². The largest absolute Gasteiger partial charge is 0.497 e. The van der Waals surface area contributed by atoms with Crippen molar-refractivity contribution in [3.8, 4) is 11.5 Å². The zero-order valence-corrected chi connectivity index (χ0v) is 18.7. The van der Waals surface area contributed by atoms with Crippen molar-refractivity contribution < 1.29 is 22.7 Å². The number of benzene rings is 2. The molecule has 0 radical (unpaired) electrons. The molecule has 1 N–H and O–H groups in total. The Bertz CT molecular complexity index is 929. The van der Waals surface area contributed by atoms with Gasteiger partial charge in [-0.1, -0.05) is 25.1 Å². The van der Waals surface area contributed by atoms with Crippen molar-refractivity contribution in [2.24, 2.45) is 0 Å². The Hall–Kier alpha value is -2.74. The van der Waals surface area contributed by atoms with Crippen molar-refractivity contribution in [1.82, 2.24) is 5.32 Å². The molecular formula is C22H30N2O5S. The first-order valence-electron chi connectivity index (χ1n) is 9.83. The lowest BCUT2D eigenvalue weighted by molar-refractivity contribution is -0.121. The Kier molecular flexibility index (Phi) is 8.53. The van der Waals surface area contributed by atoms with E-state index in [-0.39, 0.29) is 24.9 Å². The molecule has 0 fully saturated rings. The fourth-order valence-electron chi connectivity index (χ4n) is 3.16. The van der Waals surface area contributed by atoms with E-state index in [0.717, 1.165) is 24.0 Å². The van der Waals surface area contributed by atoms with Crippen LogP contribution in [0.1, 0.15) is 37.8 Å². The number of rotatable bonds is 11. The first-order valence-corrected chi connectivity index (χ1v) is 11.7. The number of nitrogens with zero attached hydrogens (tertiary/aromatic N) is 1. The maximum absolute atomic E-state index is 12.5. The second-order valence-corrected chi connectivity index (χ2v) is 8.85. The van der Waals surface area contributed by atoms with Crippen LogP contribution < -0.4 is 19.1 Å². The van der Waals surface area contributed by atoms with Crippen molar-refractivity contribution in [1.29, 1.82) is 0 Å². The quantitative estimate of drug-likeness (QED) is 0.585.